The van der Waals surface area contributed by atoms with Crippen LogP contribution in [-0.2, 0) is 10.2 Å². The molecule has 1 saturated heterocycles. The highest BCUT2D eigenvalue weighted by Gasteiger charge is 2.45. The van der Waals surface area contributed by atoms with Crippen molar-refractivity contribution in [2.45, 2.75) is 51.6 Å². The van der Waals surface area contributed by atoms with E-state index in [0.717, 1.165) is 16.7 Å². The summed E-state index contributed by atoms with van der Waals surface area (Å²) in [5, 5.41) is 29.3. The number of hydrogen-bond acceptors (Lipinski definition) is 7. The largest absolute Gasteiger partial charge is 0.508 e. The summed E-state index contributed by atoms with van der Waals surface area (Å²) in [4.78, 5) is 36.6. The molecular weight excluding hydrogens is 572 g/mol. The quantitative estimate of drug-likeness (QED) is 0.304. The third-order valence-electron chi connectivity index (χ3n) is 8.42. The van der Waals surface area contributed by atoms with Crippen LogP contribution >= 0.6 is 0 Å². The van der Waals surface area contributed by atoms with E-state index >= 15 is 0 Å². The molecule has 3 aromatic carbocycles. The Morgan fingerprint density at radius 1 is 0.889 bits per heavy atom. The zero-order chi connectivity index (χ0) is 32.3. The minimum Gasteiger partial charge on any atom is -0.508 e. The van der Waals surface area contributed by atoms with Crippen LogP contribution in [0, 0.1) is 0 Å². The number of amides is 2. The van der Waals surface area contributed by atoms with E-state index in [1.165, 1.54) is 0 Å². The third-order valence-corrected chi connectivity index (χ3v) is 8.42. The first kappa shape index (κ1) is 31.8. The first-order valence-corrected chi connectivity index (χ1v) is 15.4. The number of aliphatic imine (C=N–C) groups is 1. The van der Waals surface area contributed by atoms with E-state index in [4.69, 9.17) is 14.8 Å². The number of nitrogens with zero attached hydrogens (tertiary/aromatic N) is 4. The molecule has 2 amide bonds. The summed E-state index contributed by atoms with van der Waals surface area (Å²) in [5.41, 5.74) is 3.28. The Morgan fingerprint density at radius 3 is 2.04 bits per heavy atom. The van der Waals surface area contributed by atoms with Crippen LogP contribution in [0.1, 0.15) is 68.5 Å². The maximum atomic E-state index is 14.7. The van der Waals surface area contributed by atoms with E-state index < -0.39 is 18.1 Å². The molecule has 3 N–H and O–H groups in total. The summed E-state index contributed by atoms with van der Waals surface area (Å²) in [7, 11) is 0. The Balaban J connectivity index is 1.61. The predicted octanol–water partition coefficient (Wildman–Crippen LogP) is 5.55. The lowest BCUT2D eigenvalue weighted by Crippen LogP contribution is -2.54. The van der Waals surface area contributed by atoms with Crippen LogP contribution in [0.4, 0.5) is 4.79 Å². The molecule has 0 radical (unpaired) electrons. The Labute approximate surface area is 264 Å². The van der Waals surface area contributed by atoms with Gasteiger partial charge in [-0.1, -0.05) is 51.1 Å². The molecule has 2 atom stereocenters. The van der Waals surface area contributed by atoms with Crippen LogP contribution in [0.15, 0.2) is 71.7 Å². The standard InChI is InChI=1S/C35H42N4O6/c1-5-45-29-22-25(35(2,3)4)10-15-28(29)33-36-31(23-6-11-26(40)12-7-23)32(24-8-13-27(41)14-9-24)39(33)34(44)38-20-18-37(19-21-38)17-16-30(42)43/h6-15,22,31-32,40-41H,5,16-21H2,1-4H3,(H,42,43). The van der Waals surface area contributed by atoms with E-state index in [2.05, 4.69) is 25.7 Å². The van der Waals surface area contributed by atoms with Crippen molar-refractivity contribution < 1.29 is 29.6 Å². The van der Waals surface area contributed by atoms with Crippen LogP contribution in [0.25, 0.3) is 0 Å². The lowest BCUT2D eigenvalue weighted by molar-refractivity contribution is -0.137. The number of ether oxygens (including phenoxy) is 1. The normalized spacial score (nSPS) is 19.0. The van der Waals surface area contributed by atoms with Gasteiger partial charge in [0.15, 0.2) is 0 Å². The topological polar surface area (TPSA) is 126 Å². The second kappa shape index (κ2) is 13.2. The first-order valence-electron chi connectivity index (χ1n) is 15.4. The third kappa shape index (κ3) is 7.06. The predicted molar refractivity (Wildman–Crippen MR) is 172 cm³/mol. The first-order chi connectivity index (χ1) is 21.5. The molecule has 10 heteroatoms. The fourth-order valence-electron chi connectivity index (χ4n) is 5.89. The molecule has 2 heterocycles. The molecule has 2 aliphatic rings. The van der Waals surface area contributed by atoms with Gasteiger partial charge in [0.25, 0.3) is 0 Å². The van der Waals surface area contributed by atoms with Crippen molar-refractivity contribution in [1.82, 2.24) is 14.7 Å². The molecule has 1 fully saturated rings. The van der Waals surface area contributed by atoms with Crippen LogP contribution in [0.5, 0.6) is 17.2 Å². The maximum Gasteiger partial charge on any atom is 0.326 e. The number of hydrogen-bond donors (Lipinski definition) is 3. The monoisotopic (exact) mass is 614 g/mol. The van der Waals surface area contributed by atoms with E-state index in [9.17, 15) is 19.8 Å². The number of phenols is 2. The van der Waals surface area contributed by atoms with Crippen molar-refractivity contribution >= 4 is 17.8 Å². The summed E-state index contributed by atoms with van der Waals surface area (Å²) < 4.78 is 6.18. The summed E-state index contributed by atoms with van der Waals surface area (Å²) in [5.74, 6) is 0.522. The van der Waals surface area contributed by atoms with E-state index in [1.807, 2.05) is 49.4 Å². The Bertz CT molecular complexity index is 1540. The van der Waals surface area contributed by atoms with E-state index in [0.29, 0.717) is 56.5 Å². The molecule has 0 bridgehead atoms. The van der Waals surface area contributed by atoms with Crippen molar-refractivity contribution in [3.05, 3.63) is 89.0 Å². The van der Waals surface area contributed by atoms with Crippen molar-refractivity contribution in [3.63, 3.8) is 0 Å². The van der Waals surface area contributed by atoms with Crippen LogP contribution < -0.4 is 4.74 Å². The van der Waals surface area contributed by atoms with Gasteiger partial charge in [-0.25, -0.2) is 4.79 Å². The van der Waals surface area contributed by atoms with Crippen molar-refractivity contribution in [1.29, 1.82) is 0 Å². The highest BCUT2D eigenvalue weighted by atomic mass is 16.5. The highest BCUT2D eigenvalue weighted by molar-refractivity contribution is 6.11. The van der Waals surface area contributed by atoms with Gasteiger partial charge in [0.05, 0.1) is 24.6 Å². The molecule has 2 unspecified atom stereocenters. The fraction of sp³-hybridized carbons (Fsp3) is 0.400. The van der Waals surface area contributed by atoms with Gasteiger partial charge in [-0.2, -0.15) is 0 Å². The zero-order valence-electron chi connectivity index (χ0n) is 26.3. The smallest absolute Gasteiger partial charge is 0.326 e. The van der Waals surface area contributed by atoms with Gasteiger partial charge in [0.1, 0.15) is 29.1 Å². The number of carbonyl (C=O) groups is 2. The minimum atomic E-state index is -0.842. The Kier molecular flexibility index (Phi) is 9.34. The number of phenolic OH excluding ortho intramolecular Hbond substituents is 2. The van der Waals surface area contributed by atoms with Gasteiger partial charge < -0.3 is 25.0 Å². The molecule has 45 heavy (non-hydrogen) atoms. The average molecular weight is 615 g/mol. The van der Waals surface area contributed by atoms with Crippen LogP contribution in [0.3, 0.4) is 0 Å². The number of benzene rings is 3. The number of aliphatic carboxylic acids is 1. The molecular formula is C35H42N4O6. The Hall–Kier alpha value is -4.57. The number of urea groups is 1. The molecule has 5 rings (SSSR count). The number of carbonyl (C=O) groups excluding carboxylic acids is 1. The molecule has 0 saturated carbocycles. The molecule has 3 aromatic rings. The maximum absolute atomic E-state index is 14.7. The van der Waals surface area contributed by atoms with Crippen LogP contribution in [0.2, 0.25) is 0 Å². The Morgan fingerprint density at radius 2 is 1.49 bits per heavy atom. The number of rotatable bonds is 8. The second-order valence-corrected chi connectivity index (χ2v) is 12.5. The molecule has 0 aromatic heterocycles. The summed E-state index contributed by atoms with van der Waals surface area (Å²) >= 11 is 0. The lowest BCUT2D eigenvalue weighted by Gasteiger charge is -2.39. The van der Waals surface area contributed by atoms with Gasteiger partial charge in [-0.15, -0.1) is 0 Å². The van der Waals surface area contributed by atoms with Gasteiger partial charge in [-0.05, 0) is 65.4 Å². The van der Waals surface area contributed by atoms with E-state index in [-0.39, 0.29) is 29.4 Å². The second-order valence-electron chi connectivity index (χ2n) is 12.5. The molecule has 2 aliphatic heterocycles. The number of carboxylic acids is 1. The molecule has 238 valence electrons. The zero-order valence-corrected chi connectivity index (χ0v) is 26.3. The molecule has 0 aliphatic carbocycles. The minimum absolute atomic E-state index is 0.0544. The number of aromatic hydroxyl groups is 2. The van der Waals surface area contributed by atoms with E-state index in [1.54, 1.807) is 34.1 Å². The summed E-state index contributed by atoms with van der Waals surface area (Å²) in [6.45, 7) is 11.2. The number of carboxylic acid groups (broad SMARTS) is 1. The molecule has 10 nitrogen and oxygen atoms in total. The van der Waals surface area contributed by atoms with Crippen molar-refractivity contribution in [3.8, 4) is 17.2 Å². The highest BCUT2D eigenvalue weighted by Crippen LogP contribution is 2.46. The summed E-state index contributed by atoms with van der Waals surface area (Å²) in [6, 6.07) is 18.4. The average Bonchev–Trinajstić information content (AvgIpc) is 3.40. The van der Waals surface area contributed by atoms with Gasteiger partial charge in [0, 0.05) is 32.7 Å². The number of piperazine rings is 1. The SMILES string of the molecule is CCOc1cc(C(C)(C)C)ccc1C1=NC(c2ccc(O)cc2)C(c2ccc(O)cc2)N1C(=O)N1CCN(CCC(=O)O)CC1. The van der Waals surface area contributed by atoms with Gasteiger partial charge >= 0.3 is 12.0 Å². The molecule has 0 spiro atoms. The van der Waals surface area contributed by atoms with Gasteiger partial charge in [0.2, 0.25) is 0 Å². The van der Waals surface area contributed by atoms with Gasteiger partial charge in [-0.3, -0.25) is 19.6 Å². The van der Waals surface area contributed by atoms with Crippen LogP contribution in [-0.4, -0.2) is 87.2 Å². The van der Waals surface area contributed by atoms with Crippen molar-refractivity contribution in [2.75, 3.05) is 39.3 Å². The van der Waals surface area contributed by atoms with Crippen molar-refractivity contribution in [2.24, 2.45) is 4.99 Å². The number of amidine groups is 1. The fourth-order valence-corrected chi connectivity index (χ4v) is 5.89. The lowest BCUT2D eigenvalue weighted by atomic mass is 9.86. The summed E-state index contributed by atoms with van der Waals surface area (Å²) in [6.07, 6.45) is 0.0544.